The van der Waals surface area contributed by atoms with Crippen LogP contribution in [0.5, 0.6) is 0 Å². The standard InChI is InChI=1S/C17H36O2/c1-3-5-6-7-8-9-10-11-12-13-15-19-17-16-18-14-4-2/h3-17H2,1-2H3. The maximum atomic E-state index is 5.53. The fraction of sp³-hybridized carbons (Fsp3) is 1.00. The topological polar surface area (TPSA) is 18.5 Å². The van der Waals surface area contributed by atoms with Gasteiger partial charge in [0.15, 0.2) is 0 Å². The van der Waals surface area contributed by atoms with Crippen LogP contribution in [0.2, 0.25) is 0 Å². The Kier molecular flexibility index (Phi) is 17.8. The average molecular weight is 272 g/mol. The Labute approximate surface area is 121 Å². The molecule has 0 aromatic carbocycles. The molecular weight excluding hydrogens is 236 g/mol. The van der Waals surface area contributed by atoms with Gasteiger partial charge in [0.05, 0.1) is 13.2 Å². The van der Waals surface area contributed by atoms with Gasteiger partial charge in [-0.1, -0.05) is 71.6 Å². The summed E-state index contributed by atoms with van der Waals surface area (Å²) in [5.74, 6) is 0. The molecule has 0 N–H and O–H groups in total. The Morgan fingerprint density at radius 1 is 0.421 bits per heavy atom. The van der Waals surface area contributed by atoms with Crippen LogP contribution >= 0.6 is 0 Å². The zero-order chi connectivity index (χ0) is 14.0. The van der Waals surface area contributed by atoms with Gasteiger partial charge in [0.25, 0.3) is 0 Å². The molecule has 0 atom stereocenters. The van der Waals surface area contributed by atoms with E-state index in [0.29, 0.717) is 0 Å². The zero-order valence-electron chi connectivity index (χ0n) is 13.4. The van der Waals surface area contributed by atoms with E-state index in [0.717, 1.165) is 32.8 Å². The Balaban J connectivity index is 2.88. The molecule has 0 amide bonds. The number of unbranched alkanes of at least 4 members (excludes halogenated alkanes) is 9. The summed E-state index contributed by atoms with van der Waals surface area (Å²) < 4.78 is 10.9. The summed E-state index contributed by atoms with van der Waals surface area (Å²) in [4.78, 5) is 0. The zero-order valence-corrected chi connectivity index (χ0v) is 13.4. The highest BCUT2D eigenvalue weighted by atomic mass is 16.5. The van der Waals surface area contributed by atoms with Gasteiger partial charge in [-0.2, -0.15) is 0 Å². The first kappa shape index (κ1) is 18.9. The van der Waals surface area contributed by atoms with Gasteiger partial charge in [-0.15, -0.1) is 0 Å². The van der Waals surface area contributed by atoms with E-state index in [9.17, 15) is 0 Å². The van der Waals surface area contributed by atoms with Crippen LogP contribution in [0.25, 0.3) is 0 Å². The maximum Gasteiger partial charge on any atom is 0.0700 e. The van der Waals surface area contributed by atoms with Crippen molar-refractivity contribution in [3.63, 3.8) is 0 Å². The Morgan fingerprint density at radius 2 is 0.895 bits per heavy atom. The van der Waals surface area contributed by atoms with Gasteiger partial charge in [0.1, 0.15) is 0 Å². The number of hydrogen-bond acceptors (Lipinski definition) is 2. The average Bonchev–Trinajstić information content (AvgIpc) is 2.43. The van der Waals surface area contributed by atoms with Crippen molar-refractivity contribution in [2.75, 3.05) is 26.4 Å². The summed E-state index contributed by atoms with van der Waals surface area (Å²) >= 11 is 0. The third-order valence-electron chi connectivity index (χ3n) is 3.36. The lowest BCUT2D eigenvalue weighted by molar-refractivity contribution is 0.0465. The molecule has 116 valence electrons. The van der Waals surface area contributed by atoms with Crippen molar-refractivity contribution in [2.24, 2.45) is 0 Å². The second-order valence-electron chi connectivity index (χ2n) is 5.41. The highest BCUT2D eigenvalue weighted by molar-refractivity contribution is 4.47. The summed E-state index contributed by atoms with van der Waals surface area (Å²) in [6, 6.07) is 0. The number of ether oxygens (including phenoxy) is 2. The molecule has 0 spiro atoms. The van der Waals surface area contributed by atoms with Crippen LogP contribution in [0.1, 0.15) is 84.5 Å². The first-order valence-corrected chi connectivity index (χ1v) is 8.57. The molecule has 19 heavy (non-hydrogen) atoms. The van der Waals surface area contributed by atoms with E-state index in [1.807, 2.05) is 0 Å². The van der Waals surface area contributed by atoms with Crippen molar-refractivity contribution in [2.45, 2.75) is 84.5 Å². The van der Waals surface area contributed by atoms with Gasteiger partial charge in [-0.05, 0) is 12.8 Å². The van der Waals surface area contributed by atoms with Crippen LogP contribution < -0.4 is 0 Å². The van der Waals surface area contributed by atoms with Gasteiger partial charge in [-0.25, -0.2) is 0 Å². The summed E-state index contributed by atoms with van der Waals surface area (Å²) in [6.45, 7) is 7.69. The molecule has 0 aliphatic rings. The summed E-state index contributed by atoms with van der Waals surface area (Å²) in [5, 5.41) is 0. The Morgan fingerprint density at radius 3 is 1.42 bits per heavy atom. The molecule has 0 aromatic rings. The minimum atomic E-state index is 0.756. The second-order valence-corrected chi connectivity index (χ2v) is 5.41. The van der Waals surface area contributed by atoms with Crippen molar-refractivity contribution in [3.05, 3.63) is 0 Å². The van der Waals surface area contributed by atoms with Crippen LogP contribution in [-0.4, -0.2) is 26.4 Å². The first-order valence-electron chi connectivity index (χ1n) is 8.57. The van der Waals surface area contributed by atoms with E-state index in [2.05, 4.69) is 13.8 Å². The molecule has 0 aliphatic carbocycles. The molecule has 2 nitrogen and oxygen atoms in total. The number of rotatable bonds is 16. The normalized spacial score (nSPS) is 11.1. The molecule has 0 rings (SSSR count). The smallest absolute Gasteiger partial charge is 0.0700 e. The van der Waals surface area contributed by atoms with Crippen LogP contribution in [0.3, 0.4) is 0 Å². The minimum absolute atomic E-state index is 0.756. The van der Waals surface area contributed by atoms with Gasteiger partial charge in [0.2, 0.25) is 0 Å². The maximum absolute atomic E-state index is 5.53. The second kappa shape index (κ2) is 17.9. The molecular formula is C17H36O2. The van der Waals surface area contributed by atoms with Crippen molar-refractivity contribution in [1.29, 1.82) is 0 Å². The van der Waals surface area contributed by atoms with Crippen LogP contribution in [-0.2, 0) is 9.47 Å². The van der Waals surface area contributed by atoms with Gasteiger partial charge >= 0.3 is 0 Å². The van der Waals surface area contributed by atoms with Crippen LogP contribution in [0, 0.1) is 0 Å². The molecule has 0 heterocycles. The van der Waals surface area contributed by atoms with E-state index < -0.39 is 0 Å². The van der Waals surface area contributed by atoms with Crippen molar-refractivity contribution in [3.8, 4) is 0 Å². The first-order chi connectivity index (χ1) is 9.41. The Bertz CT molecular complexity index is 132. The van der Waals surface area contributed by atoms with Crippen LogP contribution in [0.15, 0.2) is 0 Å². The van der Waals surface area contributed by atoms with Crippen molar-refractivity contribution < 1.29 is 9.47 Å². The van der Waals surface area contributed by atoms with E-state index in [1.165, 1.54) is 64.2 Å². The predicted octanol–water partition coefficient (Wildman–Crippen LogP) is 5.35. The SMILES string of the molecule is CCCCCCCCCCCCOCCOCCC. The van der Waals surface area contributed by atoms with Gasteiger partial charge in [-0.3, -0.25) is 0 Å². The molecule has 0 aromatic heterocycles. The van der Waals surface area contributed by atoms with E-state index in [1.54, 1.807) is 0 Å². The molecule has 0 aliphatic heterocycles. The lowest BCUT2D eigenvalue weighted by Crippen LogP contribution is -2.05. The minimum Gasteiger partial charge on any atom is -0.379 e. The van der Waals surface area contributed by atoms with Gasteiger partial charge in [0, 0.05) is 13.2 Å². The molecule has 0 saturated carbocycles. The van der Waals surface area contributed by atoms with E-state index in [4.69, 9.17) is 9.47 Å². The molecule has 0 saturated heterocycles. The van der Waals surface area contributed by atoms with Gasteiger partial charge < -0.3 is 9.47 Å². The molecule has 0 fully saturated rings. The quantitative estimate of drug-likeness (QED) is 0.353. The Hall–Kier alpha value is -0.0800. The highest BCUT2D eigenvalue weighted by Gasteiger charge is 1.93. The fourth-order valence-electron chi connectivity index (χ4n) is 2.16. The molecule has 2 heteroatoms. The third-order valence-corrected chi connectivity index (χ3v) is 3.36. The summed E-state index contributed by atoms with van der Waals surface area (Å²) in [7, 11) is 0. The van der Waals surface area contributed by atoms with E-state index >= 15 is 0 Å². The lowest BCUT2D eigenvalue weighted by atomic mass is 10.1. The van der Waals surface area contributed by atoms with E-state index in [-0.39, 0.29) is 0 Å². The van der Waals surface area contributed by atoms with Crippen molar-refractivity contribution >= 4 is 0 Å². The number of hydrogen-bond donors (Lipinski definition) is 0. The van der Waals surface area contributed by atoms with Crippen LogP contribution in [0.4, 0.5) is 0 Å². The molecule has 0 unspecified atom stereocenters. The molecule has 0 radical (unpaired) electrons. The third kappa shape index (κ3) is 17.9. The highest BCUT2D eigenvalue weighted by Crippen LogP contribution is 2.10. The van der Waals surface area contributed by atoms with Crippen molar-refractivity contribution in [1.82, 2.24) is 0 Å². The summed E-state index contributed by atoms with van der Waals surface area (Å²) in [5.41, 5.74) is 0. The monoisotopic (exact) mass is 272 g/mol. The predicted molar refractivity (Wildman–Crippen MR) is 83.8 cm³/mol. The molecule has 0 bridgehead atoms. The fourth-order valence-corrected chi connectivity index (χ4v) is 2.16. The largest absolute Gasteiger partial charge is 0.379 e. The lowest BCUT2D eigenvalue weighted by Gasteiger charge is -2.05. The summed E-state index contributed by atoms with van der Waals surface area (Å²) in [6.07, 6.45) is 14.9.